The molecule has 1 N–H and O–H groups in total. The first-order valence-electron chi connectivity index (χ1n) is 8.54. The van der Waals surface area contributed by atoms with Crippen LogP contribution in [0.25, 0.3) is 0 Å². The van der Waals surface area contributed by atoms with E-state index in [4.69, 9.17) is 0 Å². The molecule has 4 heteroatoms. The normalized spacial score (nSPS) is 29.1. The van der Waals surface area contributed by atoms with Gasteiger partial charge in [0.05, 0.1) is 11.8 Å². The van der Waals surface area contributed by atoms with Gasteiger partial charge in [-0.15, -0.1) is 0 Å². The summed E-state index contributed by atoms with van der Waals surface area (Å²) in [6.07, 6.45) is 7.82. The Morgan fingerprint density at radius 2 is 1.57 bits per heavy atom. The summed E-state index contributed by atoms with van der Waals surface area (Å²) in [5.41, 5.74) is 0.398. The van der Waals surface area contributed by atoms with Crippen molar-refractivity contribution in [2.45, 2.75) is 65.2 Å². The molecule has 0 radical (unpaired) electrons. The molecule has 0 aromatic carbocycles. The molecule has 1 aliphatic carbocycles. The fraction of sp³-hybridized carbons (Fsp3) is 0.882. The smallest absolute Gasteiger partial charge is 0.307 e. The van der Waals surface area contributed by atoms with E-state index in [-0.39, 0.29) is 11.8 Å². The first kappa shape index (κ1) is 16.3. The van der Waals surface area contributed by atoms with E-state index in [9.17, 15) is 14.7 Å². The number of rotatable bonds is 4. The van der Waals surface area contributed by atoms with Gasteiger partial charge in [0, 0.05) is 13.1 Å². The molecule has 120 valence electrons. The summed E-state index contributed by atoms with van der Waals surface area (Å²) in [4.78, 5) is 26.0. The Kier molecular flexibility index (Phi) is 5.28. The fourth-order valence-corrected chi connectivity index (χ4v) is 4.12. The van der Waals surface area contributed by atoms with Crippen molar-refractivity contribution in [2.24, 2.45) is 17.3 Å². The van der Waals surface area contributed by atoms with E-state index in [1.165, 1.54) is 12.8 Å². The molecular formula is C17H29NO3. The third-order valence-corrected chi connectivity index (χ3v) is 6.04. The van der Waals surface area contributed by atoms with Crippen molar-refractivity contribution in [3.05, 3.63) is 0 Å². The maximum atomic E-state index is 12.7. The highest BCUT2D eigenvalue weighted by atomic mass is 16.4. The highest BCUT2D eigenvalue weighted by molar-refractivity contribution is 5.85. The Balaban J connectivity index is 1.99. The number of piperidine rings is 1. The first-order valence-corrected chi connectivity index (χ1v) is 8.54. The lowest BCUT2D eigenvalue weighted by atomic mass is 9.73. The molecule has 2 aliphatic rings. The average Bonchev–Trinajstić information content (AvgIpc) is 2.54. The molecule has 1 amide bonds. The second kappa shape index (κ2) is 6.80. The summed E-state index contributed by atoms with van der Waals surface area (Å²) in [5.74, 6) is -1.44. The quantitative estimate of drug-likeness (QED) is 0.865. The Bertz CT molecular complexity index is 379. The Morgan fingerprint density at radius 3 is 2.05 bits per heavy atom. The minimum Gasteiger partial charge on any atom is -0.481 e. The minimum absolute atomic E-state index is 0.0999. The molecule has 2 atom stereocenters. The highest BCUT2D eigenvalue weighted by Gasteiger charge is 2.40. The van der Waals surface area contributed by atoms with Crippen LogP contribution in [0.4, 0.5) is 0 Å². The number of amides is 1. The van der Waals surface area contributed by atoms with E-state index in [2.05, 4.69) is 13.8 Å². The van der Waals surface area contributed by atoms with Gasteiger partial charge in [-0.1, -0.05) is 39.5 Å². The summed E-state index contributed by atoms with van der Waals surface area (Å²) in [7, 11) is 0. The van der Waals surface area contributed by atoms with Crippen LogP contribution in [0, 0.1) is 17.3 Å². The van der Waals surface area contributed by atoms with E-state index in [0.29, 0.717) is 11.8 Å². The number of hydrogen-bond acceptors (Lipinski definition) is 2. The highest BCUT2D eigenvalue weighted by Crippen LogP contribution is 2.39. The molecule has 1 aliphatic heterocycles. The molecule has 0 bridgehead atoms. The van der Waals surface area contributed by atoms with E-state index < -0.39 is 11.9 Å². The van der Waals surface area contributed by atoms with Crippen molar-refractivity contribution < 1.29 is 14.7 Å². The summed E-state index contributed by atoms with van der Waals surface area (Å²) >= 11 is 0. The molecule has 2 unspecified atom stereocenters. The lowest BCUT2D eigenvalue weighted by Crippen LogP contribution is -2.48. The number of carbonyl (C=O) groups excluding carboxylic acids is 1. The maximum absolute atomic E-state index is 12.7. The van der Waals surface area contributed by atoms with Gasteiger partial charge in [-0.05, 0) is 31.1 Å². The average molecular weight is 295 g/mol. The van der Waals surface area contributed by atoms with Crippen molar-refractivity contribution >= 4 is 11.9 Å². The Morgan fingerprint density at radius 1 is 1.05 bits per heavy atom. The predicted molar refractivity (Wildman–Crippen MR) is 81.9 cm³/mol. The van der Waals surface area contributed by atoms with Crippen LogP contribution in [0.2, 0.25) is 0 Å². The number of hydrogen-bond donors (Lipinski definition) is 1. The van der Waals surface area contributed by atoms with Crippen LogP contribution in [0.15, 0.2) is 0 Å². The summed E-state index contributed by atoms with van der Waals surface area (Å²) < 4.78 is 0. The number of aliphatic carboxylic acids is 1. The van der Waals surface area contributed by atoms with Crippen molar-refractivity contribution in [2.75, 3.05) is 13.1 Å². The van der Waals surface area contributed by atoms with E-state index in [0.717, 1.165) is 45.2 Å². The topological polar surface area (TPSA) is 57.6 Å². The predicted octanol–water partition coefficient (Wildman–Crippen LogP) is 3.31. The third-order valence-electron chi connectivity index (χ3n) is 6.04. The molecule has 1 saturated carbocycles. The van der Waals surface area contributed by atoms with E-state index in [1.54, 1.807) is 0 Å². The maximum Gasteiger partial charge on any atom is 0.307 e. The van der Waals surface area contributed by atoms with Gasteiger partial charge in [-0.2, -0.15) is 0 Å². The molecular weight excluding hydrogens is 266 g/mol. The zero-order chi connectivity index (χ0) is 15.5. The zero-order valence-electron chi connectivity index (χ0n) is 13.4. The van der Waals surface area contributed by atoms with Gasteiger partial charge in [0.2, 0.25) is 5.91 Å². The van der Waals surface area contributed by atoms with Crippen LogP contribution < -0.4 is 0 Å². The minimum atomic E-state index is -0.790. The SMILES string of the molecule is CCC1(CC)CCN(C(=O)C2CCCCC2C(=O)O)CC1. The molecule has 1 saturated heterocycles. The second-order valence-electron chi connectivity index (χ2n) is 6.87. The van der Waals surface area contributed by atoms with Gasteiger partial charge in [0.1, 0.15) is 0 Å². The molecule has 0 spiro atoms. The van der Waals surface area contributed by atoms with Gasteiger partial charge in [-0.25, -0.2) is 0 Å². The van der Waals surface area contributed by atoms with Crippen molar-refractivity contribution in [1.82, 2.24) is 4.90 Å². The number of likely N-dealkylation sites (tertiary alicyclic amines) is 1. The Labute approximate surface area is 127 Å². The van der Waals surface area contributed by atoms with Crippen LogP contribution in [-0.4, -0.2) is 35.0 Å². The van der Waals surface area contributed by atoms with Gasteiger partial charge >= 0.3 is 5.97 Å². The largest absolute Gasteiger partial charge is 0.481 e. The summed E-state index contributed by atoms with van der Waals surface area (Å²) in [6, 6.07) is 0. The van der Waals surface area contributed by atoms with Gasteiger partial charge in [0.25, 0.3) is 0 Å². The molecule has 0 aromatic heterocycles. The van der Waals surface area contributed by atoms with E-state index in [1.807, 2.05) is 4.90 Å². The lowest BCUT2D eigenvalue weighted by molar-refractivity contribution is -0.153. The number of carboxylic acids is 1. The van der Waals surface area contributed by atoms with Gasteiger partial charge in [0.15, 0.2) is 0 Å². The first-order chi connectivity index (χ1) is 10.0. The zero-order valence-corrected chi connectivity index (χ0v) is 13.4. The van der Waals surface area contributed by atoms with Crippen LogP contribution in [-0.2, 0) is 9.59 Å². The second-order valence-corrected chi connectivity index (χ2v) is 6.87. The molecule has 0 aromatic rings. The standard InChI is InChI=1S/C17H29NO3/c1-3-17(4-2)9-11-18(12-10-17)15(19)13-7-5-6-8-14(13)16(20)21/h13-14H,3-12H2,1-2H3,(H,20,21). The number of carboxylic acid groups (broad SMARTS) is 1. The fourth-order valence-electron chi connectivity index (χ4n) is 4.12. The third kappa shape index (κ3) is 3.41. The summed E-state index contributed by atoms with van der Waals surface area (Å²) in [6.45, 7) is 6.10. The number of carbonyl (C=O) groups is 2. The molecule has 2 fully saturated rings. The van der Waals surface area contributed by atoms with Crippen molar-refractivity contribution in [3.8, 4) is 0 Å². The van der Waals surface area contributed by atoms with Crippen LogP contribution in [0.1, 0.15) is 65.2 Å². The van der Waals surface area contributed by atoms with E-state index >= 15 is 0 Å². The monoisotopic (exact) mass is 295 g/mol. The van der Waals surface area contributed by atoms with Gasteiger partial charge < -0.3 is 10.0 Å². The lowest BCUT2D eigenvalue weighted by Gasteiger charge is -2.43. The summed E-state index contributed by atoms with van der Waals surface area (Å²) in [5, 5.41) is 9.34. The molecule has 21 heavy (non-hydrogen) atoms. The van der Waals surface area contributed by atoms with Crippen LogP contribution in [0.3, 0.4) is 0 Å². The molecule has 1 heterocycles. The van der Waals surface area contributed by atoms with Crippen molar-refractivity contribution in [3.63, 3.8) is 0 Å². The van der Waals surface area contributed by atoms with Crippen LogP contribution >= 0.6 is 0 Å². The van der Waals surface area contributed by atoms with Gasteiger partial charge in [-0.3, -0.25) is 9.59 Å². The van der Waals surface area contributed by atoms with Crippen molar-refractivity contribution in [1.29, 1.82) is 0 Å². The Hall–Kier alpha value is -1.06. The molecule has 4 nitrogen and oxygen atoms in total. The van der Waals surface area contributed by atoms with Crippen LogP contribution in [0.5, 0.6) is 0 Å². The molecule has 2 rings (SSSR count). The number of nitrogens with zero attached hydrogens (tertiary/aromatic N) is 1.